The molecule has 66 valence electrons. The van der Waals surface area contributed by atoms with Gasteiger partial charge in [-0.15, -0.1) is 11.6 Å². The lowest BCUT2D eigenvalue weighted by Gasteiger charge is -2.00. The van der Waals surface area contributed by atoms with Crippen molar-refractivity contribution in [3.63, 3.8) is 0 Å². The Bertz CT molecular complexity index is 379. The number of Topliss-reactive ketones (excluding diaryl/α,β-unsaturated/α-hetero) is 1. The Morgan fingerprint density at radius 3 is 2.69 bits per heavy atom. The van der Waals surface area contributed by atoms with E-state index in [4.69, 9.17) is 16.9 Å². The number of carbonyl (C=O) groups excluding carboxylic acids is 1. The normalized spacial score (nSPS) is 9.31. The molecule has 0 bridgehead atoms. The minimum Gasteiger partial charge on any atom is -0.295 e. The summed E-state index contributed by atoms with van der Waals surface area (Å²) in [5, 5.41) is 8.66. The lowest BCUT2D eigenvalue weighted by molar-refractivity contribution is 0.101. The van der Waals surface area contributed by atoms with E-state index in [2.05, 4.69) is 0 Å². The quantitative estimate of drug-likeness (QED) is 0.535. The molecule has 13 heavy (non-hydrogen) atoms. The van der Waals surface area contributed by atoms with Gasteiger partial charge in [0.15, 0.2) is 5.78 Å². The molecule has 1 rings (SSSR count). The molecule has 1 aromatic carbocycles. The van der Waals surface area contributed by atoms with E-state index >= 15 is 0 Å². The van der Waals surface area contributed by atoms with E-state index < -0.39 is 0 Å². The number of hydrogen-bond donors (Lipinski definition) is 0. The molecule has 0 saturated carbocycles. The van der Waals surface area contributed by atoms with Crippen LogP contribution in [-0.2, 0) is 5.88 Å². The van der Waals surface area contributed by atoms with Crippen LogP contribution in [-0.4, -0.2) is 5.78 Å². The molecule has 0 heterocycles. The summed E-state index contributed by atoms with van der Waals surface area (Å²) >= 11 is 5.61. The highest BCUT2D eigenvalue weighted by Gasteiger charge is 2.03. The highest BCUT2D eigenvalue weighted by Crippen LogP contribution is 2.12. The predicted octanol–water partition coefficient (Wildman–Crippen LogP) is 2.50. The molecule has 0 aliphatic rings. The zero-order valence-electron chi connectivity index (χ0n) is 7.17. The molecule has 0 aliphatic carbocycles. The van der Waals surface area contributed by atoms with Crippen molar-refractivity contribution in [2.75, 3.05) is 0 Å². The highest BCUT2D eigenvalue weighted by atomic mass is 35.5. The van der Waals surface area contributed by atoms with Crippen molar-refractivity contribution < 1.29 is 4.79 Å². The van der Waals surface area contributed by atoms with Gasteiger partial charge in [0.1, 0.15) is 0 Å². The van der Waals surface area contributed by atoms with Crippen LogP contribution in [0.15, 0.2) is 18.2 Å². The van der Waals surface area contributed by atoms with Gasteiger partial charge in [-0.2, -0.15) is 5.26 Å². The fourth-order valence-corrected chi connectivity index (χ4v) is 1.19. The second-order valence-electron chi connectivity index (χ2n) is 2.72. The minimum absolute atomic E-state index is 0.0523. The van der Waals surface area contributed by atoms with Crippen LogP contribution < -0.4 is 0 Å². The van der Waals surface area contributed by atoms with E-state index in [0.29, 0.717) is 17.0 Å². The molecule has 0 saturated heterocycles. The number of ketones is 1. The Kier molecular flexibility index (Phi) is 3.05. The summed E-state index contributed by atoms with van der Waals surface area (Å²) in [5.41, 5.74) is 1.81. The number of alkyl halides is 1. The fourth-order valence-electron chi connectivity index (χ4n) is 1.04. The smallest absolute Gasteiger partial charge is 0.159 e. The van der Waals surface area contributed by atoms with Gasteiger partial charge < -0.3 is 0 Å². The van der Waals surface area contributed by atoms with Gasteiger partial charge in [-0.3, -0.25) is 4.79 Å². The second kappa shape index (κ2) is 4.06. The number of carbonyl (C=O) groups is 1. The number of halogens is 1. The average molecular weight is 194 g/mol. The topological polar surface area (TPSA) is 40.9 Å². The molecule has 0 atom stereocenters. The lowest BCUT2D eigenvalue weighted by atomic mass is 10.0. The average Bonchev–Trinajstić information content (AvgIpc) is 2.16. The van der Waals surface area contributed by atoms with Crippen molar-refractivity contribution in [2.24, 2.45) is 0 Å². The first kappa shape index (κ1) is 9.76. The maximum Gasteiger partial charge on any atom is 0.159 e. The van der Waals surface area contributed by atoms with Crippen LogP contribution in [0.2, 0.25) is 0 Å². The summed E-state index contributed by atoms with van der Waals surface area (Å²) in [4.78, 5) is 11.0. The van der Waals surface area contributed by atoms with Gasteiger partial charge in [-0.05, 0) is 30.7 Å². The van der Waals surface area contributed by atoms with E-state index in [1.165, 1.54) is 6.92 Å². The standard InChI is InChI=1S/C10H8ClNO/c1-7(13)10-3-8(5-11)2-9(4-10)6-12/h2-4H,5H2,1H3. The van der Waals surface area contributed by atoms with E-state index in [0.717, 1.165) is 5.56 Å². The molecule has 3 heteroatoms. The number of rotatable bonds is 2. The molecule has 1 aromatic rings. The van der Waals surface area contributed by atoms with Crippen molar-refractivity contribution in [2.45, 2.75) is 12.8 Å². The summed E-state index contributed by atoms with van der Waals surface area (Å²) in [7, 11) is 0. The predicted molar refractivity (Wildman–Crippen MR) is 50.7 cm³/mol. The lowest BCUT2D eigenvalue weighted by Crippen LogP contribution is -1.94. The molecule has 0 aromatic heterocycles. The van der Waals surface area contributed by atoms with E-state index in [-0.39, 0.29) is 5.78 Å². The Labute approximate surface area is 81.7 Å². The number of nitriles is 1. The summed E-state index contributed by atoms with van der Waals surface area (Å²) in [6.45, 7) is 1.47. The molecular weight excluding hydrogens is 186 g/mol. The molecule has 0 N–H and O–H groups in total. The molecular formula is C10H8ClNO. The van der Waals surface area contributed by atoms with Crippen LogP contribution >= 0.6 is 11.6 Å². The molecule has 0 unspecified atom stereocenters. The Morgan fingerprint density at radius 2 is 2.23 bits per heavy atom. The van der Waals surface area contributed by atoms with Crippen molar-refractivity contribution in [3.05, 3.63) is 34.9 Å². The second-order valence-corrected chi connectivity index (χ2v) is 2.99. The monoisotopic (exact) mass is 193 g/mol. The summed E-state index contributed by atoms with van der Waals surface area (Å²) in [5.74, 6) is 0.263. The molecule has 2 nitrogen and oxygen atoms in total. The fraction of sp³-hybridized carbons (Fsp3) is 0.200. The van der Waals surface area contributed by atoms with E-state index in [1.807, 2.05) is 6.07 Å². The zero-order valence-corrected chi connectivity index (χ0v) is 7.93. The zero-order chi connectivity index (χ0) is 9.84. The summed E-state index contributed by atoms with van der Waals surface area (Å²) in [6.07, 6.45) is 0. The van der Waals surface area contributed by atoms with Crippen LogP contribution in [0.5, 0.6) is 0 Å². The Balaban J connectivity index is 3.24. The number of hydrogen-bond acceptors (Lipinski definition) is 2. The number of nitrogens with zero attached hydrogens (tertiary/aromatic N) is 1. The first-order chi connectivity index (χ1) is 6.17. The first-order valence-corrected chi connectivity index (χ1v) is 4.32. The van der Waals surface area contributed by atoms with Crippen LogP contribution in [0.25, 0.3) is 0 Å². The van der Waals surface area contributed by atoms with E-state index in [1.54, 1.807) is 18.2 Å². The minimum atomic E-state index is -0.0523. The van der Waals surface area contributed by atoms with Crippen molar-refractivity contribution in [1.82, 2.24) is 0 Å². The third-order valence-corrected chi connectivity index (χ3v) is 1.99. The highest BCUT2D eigenvalue weighted by molar-refractivity contribution is 6.17. The maximum atomic E-state index is 11.0. The van der Waals surface area contributed by atoms with Gasteiger partial charge in [0.2, 0.25) is 0 Å². The largest absolute Gasteiger partial charge is 0.295 e. The van der Waals surface area contributed by atoms with Gasteiger partial charge in [0.05, 0.1) is 11.6 Å². The summed E-state index contributed by atoms with van der Waals surface area (Å²) < 4.78 is 0. The van der Waals surface area contributed by atoms with Crippen LogP contribution in [0.1, 0.15) is 28.4 Å². The van der Waals surface area contributed by atoms with Crippen LogP contribution in [0, 0.1) is 11.3 Å². The molecule has 0 amide bonds. The molecule has 0 radical (unpaired) electrons. The SMILES string of the molecule is CC(=O)c1cc(C#N)cc(CCl)c1. The first-order valence-electron chi connectivity index (χ1n) is 3.78. The van der Waals surface area contributed by atoms with Crippen molar-refractivity contribution in [1.29, 1.82) is 5.26 Å². The van der Waals surface area contributed by atoms with Crippen LogP contribution in [0.3, 0.4) is 0 Å². The van der Waals surface area contributed by atoms with Gasteiger partial charge >= 0.3 is 0 Å². The maximum absolute atomic E-state index is 11.0. The van der Waals surface area contributed by atoms with Gasteiger partial charge in [-0.1, -0.05) is 0 Å². The molecule has 0 spiro atoms. The third kappa shape index (κ3) is 2.30. The number of benzene rings is 1. The van der Waals surface area contributed by atoms with Gasteiger partial charge in [0.25, 0.3) is 0 Å². The van der Waals surface area contributed by atoms with Crippen molar-refractivity contribution >= 4 is 17.4 Å². The molecule has 0 fully saturated rings. The third-order valence-electron chi connectivity index (χ3n) is 1.68. The van der Waals surface area contributed by atoms with Gasteiger partial charge in [-0.25, -0.2) is 0 Å². The van der Waals surface area contributed by atoms with E-state index in [9.17, 15) is 4.79 Å². The van der Waals surface area contributed by atoms with Crippen LogP contribution in [0.4, 0.5) is 0 Å². The van der Waals surface area contributed by atoms with Gasteiger partial charge in [0, 0.05) is 11.4 Å². The molecule has 0 aliphatic heterocycles. The summed E-state index contributed by atoms with van der Waals surface area (Å²) in [6, 6.07) is 6.94. The van der Waals surface area contributed by atoms with Crippen molar-refractivity contribution in [3.8, 4) is 6.07 Å². The Hall–Kier alpha value is -1.33. The Morgan fingerprint density at radius 1 is 1.54 bits per heavy atom.